The number of rotatable bonds is 2. The number of carbonyl (C=O) groups excluding carboxylic acids is 1. The SMILES string of the molecule is O=C(c1cccc(Cl)c1Cl)N1CCc2cc3nccc(C4NCCN5CCC[C@@H]45)c3cc21. The van der Waals surface area contributed by atoms with Gasteiger partial charge in [-0.3, -0.25) is 14.7 Å². The summed E-state index contributed by atoms with van der Waals surface area (Å²) in [5, 5.41) is 5.58. The molecule has 164 valence electrons. The number of fused-ring (bicyclic) bond motifs is 3. The fourth-order valence-electron chi connectivity index (χ4n) is 5.67. The molecular formula is C25H24Cl2N4O. The lowest BCUT2D eigenvalue weighted by Crippen LogP contribution is -2.49. The molecule has 3 aliphatic rings. The molecule has 2 saturated heterocycles. The lowest BCUT2D eigenvalue weighted by atomic mass is 9.92. The van der Waals surface area contributed by atoms with Gasteiger partial charge in [-0.25, -0.2) is 0 Å². The number of nitrogens with one attached hydrogen (secondary N) is 1. The molecule has 2 atom stereocenters. The largest absolute Gasteiger partial charge is 0.308 e. The lowest BCUT2D eigenvalue weighted by molar-refractivity contribution is 0.0989. The van der Waals surface area contributed by atoms with Crippen molar-refractivity contribution >= 4 is 45.7 Å². The number of carbonyl (C=O) groups is 1. The van der Waals surface area contributed by atoms with Crippen molar-refractivity contribution < 1.29 is 4.79 Å². The summed E-state index contributed by atoms with van der Waals surface area (Å²) >= 11 is 12.5. The van der Waals surface area contributed by atoms with Gasteiger partial charge in [-0.05, 0) is 67.3 Å². The Hall–Kier alpha value is -2.18. The second-order valence-corrected chi connectivity index (χ2v) is 9.67. The predicted octanol–water partition coefficient (Wildman–Crippen LogP) is 4.85. The summed E-state index contributed by atoms with van der Waals surface area (Å²) in [5.74, 6) is -0.112. The van der Waals surface area contributed by atoms with Gasteiger partial charge in [0.05, 0.1) is 21.1 Å². The average Bonchev–Trinajstić information content (AvgIpc) is 3.45. The first-order chi connectivity index (χ1) is 15.6. The van der Waals surface area contributed by atoms with E-state index in [4.69, 9.17) is 23.2 Å². The molecule has 7 heteroatoms. The van der Waals surface area contributed by atoms with E-state index in [-0.39, 0.29) is 11.9 Å². The molecule has 1 aromatic heterocycles. The van der Waals surface area contributed by atoms with Crippen molar-refractivity contribution in [2.75, 3.05) is 31.1 Å². The molecule has 1 unspecified atom stereocenters. The third-order valence-corrected chi connectivity index (χ3v) is 8.01. The molecule has 2 fully saturated rings. The molecular weight excluding hydrogens is 443 g/mol. The maximum absolute atomic E-state index is 13.4. The standard InChI is InChI=1S/C25H24Cl2N4O/c26-19-4-1-3-17(23(19)27)25(32)31-11-7-15-13-20-18(14-22(15)31)16(6-8-28-20)24-21-5-2-10-30(21)12-9-29-24/h1,3-4,6,8,13-14,21,24,29H,2,5,7,9-12H2/t21-,24?/m0/s1. The van der Waals surface area contributed by atoms with Crippen LogP contribution in [-0.4, -0.2) is 48.0 Å². The van der Waals surface area contributed by atoms with E-state index in [0.717, 1.165) is 41.7 Å². The second kappa shape index (κ2) is 7.99. The van der Waals surface area contributed by atoms with Gasteiger partial charge in [0.25, 0.3) is 5.91 Å². The average molecular weight is 467 g/mol. The first-order valence-electron chi connectivity index (χ1n) is 11.3. The quantitative estimate of drug-likeness (QED) is 0.585. The van der Waals surface area contributed by atoms with Crippen molar-refractivity contribution in [2.24, 2.45) is 0 Å². The van der Waals surface area contributed by atoms with Crippen LogP contribution in [0.2, 0.25) is 10.0 Å². The number of piperazine rings is 1. The molecule has 5 nitrogen and oxygen atoms in total. The number of nitrogens with zero attached hydrogens (tertiary/aromatic N) is 3. The molecule has 0 radical (unpaired) electrons. The summed E-state index contributed by atoms with van der Waals surface area (Å²) in [5.41, 5.74) is 4.80. The summed E-state index contributed by atoms with van der Waals surface area (Å²) in [6.07, 6.45) is 5.19. The summed E-state index contributed by atoms with van der Waals surface area (Å²) < 4.78 is 0. The fraction of sp³-hybridized carbons (Fsp3) is 0.360. The first-order valence-corrected chi connectivity index (χ1v) is 12.0. The number of benzene rings is 2. The number of pyridine rings is 1. The van der Waals surface area contributed by atoms with Crippen LogP contribution in [-0.2, 0) is 6.42 Å². The molecule has 32 heavy (non-hydrogen) atoms. The number of aromatic nitrogens is 1. The number of halogens is 2. The van der Waals surface area contributed by atoms with E-state index in [2.05, 4.69) is 33.4 Å². The zero-order valence-electron chi connectivity index (χ0n) is 17.7. The minimum Gasteiger partial charge on any atom is -0.308 e. The minimum absolute atomic E-state index is 0.112. The van der Waals surface area contributed by atoms with Crippen LogP contribution >= 0.6 is 23.2 Å². The number of hydrogen-bond acceptors (Lipinski definition) is 4. The van der Waals surface area contributed by atoms with E-state index in [1.54, 1.807) is 18.2 Å². The molecule has 0 saturated carbocycles. The Morgan fingerprint density at radius 1 is 1.12 bits per heavy atom. The van der Waals surface area contributed by atoms with Crippen molar-refractivity contribution in [3.8, 4) is 0 Å². The number of hydrogen-bond donors (Lipinski definition) is 1. The maximum atomic E-state index is 13.4. The molecule has 6 rings (SSSR count). The highest BCUT2D eigenvalue weighted by Crippen LogP contribution is 2.39. The van der Waals surface area contributed by atoms with Crippen LogP contribution in [0.3, 0.4) is 0 Å². The third kappa shape index (κ3) is 3.22. The first kappa shape index (κ1) is 20.4. The Kier molecular flexibility index (Phi) is 5.10. The highest BCUT2D eigenvalue weighted by Gasteiger charge is 2.36. The molecule has 0 bridgehead atoms. The second-order valence-electron chi connectivity index (χ2n) is 8.88. The van der Waals surface area contributed by atoms with Crippen molar-refractivity contribution in [1.82, 2.24) is 15.2 Å². The van der Waals surface area contributed by atoms with Gasteiger partial charge in [0.2, 0.25) is 0 Å². The Balaban J connectivity index is 1.43. The van der Waals surface area contributed by atoms with Crippen molar-refractivity contribution in [1.29, 1.82) is 0 Å². The normalized spacial score (nSPS) is 22.9. The van der Waals surface area contributed by atoms with Gasteiger partial charge < -0.3 is 10.2 Å². The number of amides is 1. The Morgan fingerprint density at radius 3 is 2.94 bits per heavy atom. The lowest BCUT2D eigenvalue weighted by Gasteiger charge is -2.38. The zero-order chi connectivity index (χ0) is 21.8. The molecule has 4 heterocycles. The van der Waals surface area contributed by atoms with Crippen LogP contribution in [0.4, 0.5) is 5.69 Å². The van der Waals surface area contributed by atoms with Gasteiger partial charge in [0.1, 0.15) is 0 Å². The van der Waals surface area contributed by atoms with Gasteiger partial charge >= 0.3 is 0 Å². The summed E-state index contributed by atoms with van der Waals surface area (Å²) in [4.78, 5) is 22.5. The summed E-state index contributed by atoms with van der Waals surface area (Å²) in [6.45, 7) is 3.92. The highest BCUT2D eigenvalue weighted by molar-refractivity contribution is 6.44. The van der Waals surface area contributed by atoms with Crippen molar-refractivity contribution in [3.63, 3.8) is 0 Å². The molecule has 1 amide bonds. The van der Waals surface area contributed by atoms with Crippen molar-refractivity contribution in [2.45, 2.75) is 31.3 Å². The Bertz CT molecular complexity index is 1230. The minimum atomic E-state index is -0.112. The molecule has 3 aromatic rings. The smallest absolute Gasteiger partial charge is 0.259 e. The maximum Gasteiger partial charge on any atom is 0.259 e. The Morgan fingerprint density at radius 2 is 2.03 bits per heavy atom. The van der Waals surface area contributed by atoms with Gasteiger partial charge in [-0.2, -0.15) is 0 Å². The molecule has 1 N–H and O–H groups in total. The van der Waals surface area contributed by atoms with Crippen LogP contribution in [0.25, 0.3) is 10.9 Å². The van der Waals surface area contributed by atoms with Crippen LogP contribution in [0.15, 0.2) is 42.6 Å². The number of anilines is 1. The summed E-state index contributed by atoms with van der Waals surface area (Å²) in [6, 6.07) is 12.5. The van der Waals surface area contributed by atoms with Gasteiger partial charge in [0, 0.05) is 49.0 Å². The topological polar surface area (TPSA) is 48.5 Å². The van der Waals surface area contributed by atoms with Gasteiger partial charge in [-0.1, -0.05) is 29.3 Å². The van der Waals surface area contributed by atoms with Gasteiger partial charge in [-0.15, -0.1) is 0 Å². The highest BCUT2D eigenvalue weighted by atomic mass is 35.5. The van der Waals surface area contributed by atoms with Crippen LogP contribution in [0, 0.1) is 0 Å². The van der Waals surface area contributed by atoms with E-state index in [1.807, 2.05) is 11.1 Å². The molecule has 2 aromatic carbocycles. The van der Waals surface area contributed by atoms with E-state index >= 15 is 0 Å². The van der Waals surface area contributed by atoms with Crippen molar-refractivity contribution in [3.05, 3.63) is 69.3 Å². The van der Waals surface area contributed by atoms with E-state index in [0.29, 0.717) is 28.2 Å². The molecule has 3 aliphatic heterocycles. The van der Waals surface area contributed by atoms with E-state index < -0.39 is 0 Å². The Labute approximate surface area is 197 Å². The van der Waals surface area contributed by atoms with E-state index in [9.17, 15) is 4.79 Å². The summed E-state index contributed by atoms with van der Waals surface area (Å²) in [7, 11) is 0. The fourth-order valence-corrected chi connectivity index (χ4v) is 6.05. The monoisotopic (exact) mass is 466 g/mol. The zero-order valence-corrected chi connectivity index (χ0v) is 19.2. The molecule has 0 spiro atoms. The van der Waals surface area contributed by atoms with Crippen LogP contribution in [0.1, 0.15) is 40.4 Å². The predicted molar refractivity (Wildman–Crippen MR) is 129 cm³/mol. The van der Waals surface area contributed by atoms with Crippen LogP contribution in [0.5, 0.6) is 0 Å². The van der Waals surface area contributed by atoms with Gasteiger partial charge in [0.15, 0.2) is 0 Å². The van der Waals surface area contributed by atoms with Crippen LogP contribution < -0.4 is 10.2 Å². The van der Waals surface area contributed by atoms with E-state index in [1.165, 1.54) is 24.9 Å². The molecule has 0 aliphatic carbocycles. The third-order valence-electron chi connectivity index (χ3n) is 7.20.